The Kier molecular flexibility index (Phi) is 5.29. The van der Waals surface area contributed by atoms with Crippen molar-refractivity contribution < 1.29 is 9.21 Å². The Morgan fingerprint density at radius 3 is 2.79 bits per heavy atom. The Balaban J connectivity index is 1.95. The predicted molar refractivity (Wildman–Crippen MR) is 98.1 cm³/mol. The fourth-order valence-corrected chi connectivity index (χ4v) is 3.63. The first kappa shape index (κ1) is 17.1. The molecule has 3 rings (SSSR count). The molecule has 1 aromatic carbocycles. The summed E-state index contributed by atoms with van der Waals surface area (Å²) < 4.78 is 6.16. The summed E-state index contributed by atoms with van der Waals surface area (Å²) in [5.74, 6) is 2.53. The van der Waals surface area contributed by atoms with Crippen molar-refractivity contribution in [3.8, 4) is 11.3 Å². The van der Waals surface area contributed by atoms with E-state index in [-0.39, 0.29) is 17.9 Å². The lowest BCUT2D eigenvalue weighted by molar-refractivity contribution is -0.129. The molecular weight excluding hydrogens is 320 g/mol. The van der Waals surface area contributed by atoms with Gasteiger partial charge in [0.25, 0.3) is 0 Å². The Morgan fingerprint density at radius 2 is 2.12 bits per heavy atom. The molecule has 1 saturated heterocycles. The van der Waals surface area contributed by atoms with Crippen molar-refractivity contribution in [2.24, 2.45) is 0 Å². The Morgan fingerprint density at radius 1 is 1.38 bits per heavy atom. The second-order valence-electron chi connectivity index (χ2n) is 6.46. The van der Waals surface area contributed by atoms with Crippen LogP contribution in [0.1, 0.15) is 50.3 Å². The van der Waals surface area contributed by atoms with Crippen LogP contribution < -0.4 is 0 Å². The zero-order valence-corrected chi connectivity index (χ0v) is 15.3. The van der Waals surface area contributed by atoms with Crippen LogP contribution in [-0.2, 0) is 4.79 Å². The summed E-state index contributed by atoms with van der Waals surface area (Å²) in [7, 11) is 0. The van der Waals surface area contributed by atoms with Crippen LogP contribution in [0, 0.1) is 0 Å². The van der Waals surface area contributed by atoms with Crippen molar-refractivity contribution in [2.75, 3.05) is 18.6 Å². The number of thioether (sulfide) groups is 1. The maximum absolute atomic E-state index is 12.4. The molecule has 0 aliphatic carbocycles. The zero-order chi connectivity index (χ0) is 17.1. The molecule has 2 heterocycles. The fraction of sp³-hybridized carbons (Fsp3) is 0.474. The largest absolute Gasteiger partial charge is 0.442 e. The lowest BCUT2D eigenvalue weighted by Gasteiger charge is -2.21. The summed E-state index contributed by atoms with van der Waals surface area (Å²) in [5.41, 5.74) is 1.97. The molecule has 1 fully saturated rings. The van der Waals surface area contributed by atoms with Gasteiger partial charge in [0.2, 0.25) is 11.8 Å². The van der Waals surface area contributed by atoms with E-state index in [4.69, 9.17) is 9.40 Å². The zero-order valence-electron chi connectivity index (χ0n) is 14.5. The molecule has 0 N–H and O–H groups in total. The normalized spacial score (nSPS) is 17.7. The molecule has 4 nitrogen and oxygen atoms in total. The van der Waals surface area contributed by atoms with E-state index < -0.39 is 0 Å². The molecule has 0 bridgehead atoms. The molecule has 128 valence electrons. The number of rotatable bonds is 5. The van der Waals surface area contributed by atoms with Crippen molar-refractivity contribution in [1.29, 1.82) is 0 Å². The number of carbonyl (C=O) groups is 1. The van der Waals surface area contributed by atoms with E-state index in [9.17, 15) is 4.79 Å². The fourth-order valence-electron chi connectivity index (χ4n) is 3.21. The molecule has 0 unspecified atom stereocenters. The molecule has 1 amide bonds. The average Bonchev–Trinajstić information content (AvgIpc) is 3.22. The SMILES string of the molecule is CSCC(=O)N1CCC[C@@H]1c1nc(-c2ccccc2)c(C(C)C)o1. The molecule has 5 heteroatoms. The van der Waals surface area contributed by atoms with Crippen molar-refractivity contribution in [3.63, 3.8) is 0 Å². The van der Waals surface area contributed by atoms with Gasteiger partial charge in [-0.1, -0.05) is 44.2 Å². The number of aromatic nitrogens is 1. The first-order valence-electron chi connectivity index (χ1n) is 8.46. The second kappa shape index (κ2) is 7.43. The van der Waals surface area contributed by atoms with Gasteiger partial charge in [0, 0.05) is 18.0 Å². The maximum atomic E-state index is 12.4. The van der Waals surface area contributed by atoms with Crippen molar-refractivity contribution in [2.45, 2.75) is 38.6 Å². The van der Waals surface area contributed by atoms with Gasteiger partial charge in [-0.3, -0.25) is 4.79 Å². The van der Waals surface area contributed by atoms with Gasteiger partial charge in [-0.2, -0.15) is 11.8 Å². The number of benzene rings is 1. The third-order valence-electron chi connectivity index (χ3n) is 4.37. The number of hydrogen-bond donors (Lipinski definition) is 0. The smallest absolute Gasteiger partial charge is 0.233 e. The lowest BCUT2D eigenvalue weighted by Crippen LogP contribution is -2.32. The molecule has 0 saturated carbocycles. The molecule has 1 aliphatic heterocycles. The number of nitrogens with zero attached hydrogens (tertiary/aromatic N) is 2. The maximum Gasteiger partial charge on any atom is 0.233 e. The van der Waals surface area contributed by atoms with E-state index in [2.05, 4.69) is 26.0 Å². The minimum absolute atomic E-state index is 0.0281. The van der Waals surface area contributed by atoms with Gasteiger partial charge < -0.3 is 9.32 Å². The summed E-state index contributed by atoms with van der Waals surface area (Å²) in [4.78, 5) is 19.1. The van der Waals surface area contributed by atoms with E-state index >= 15 is 0 Å². The summed E-state index contributed by atoms with van der Waals surface area (Å²) in [6, 6.07) is 10.1. The molecule has 24 heavy (non-hydrogen) atoms. The van der Waals surface area contributed by atoms with Gasteiger partial charge in [-0.15, -0.1) is 0 Å². The van der Waals surface area contributed by atoms with Crippen LogP contribution in [0.15, 0.2) is 34.7 Å². The van der Waals surface area contributed by atoms with Crippen LogP contribution in [0.4, 0.5) is 0 Å². The van der Waals surface area contributed by atoms with Crippen LogP contribution in [0.5, 0.6) is 0 Å². The highest BCUT2D eigenvalue weighted by Gasteiger charge is 2.34. The molecule has 0 radical (unpaired) electrons. The number of hydrogen-bond acceptors (Lipinski definition) is 4. The Hall–Kier alpha value is -1.75. The van der Waals surface area contributed by atoms with Gasteiger partial charge in [-0.05, 0) is 19.1 Å². The first-order valence-corrected chi connectivity index (χ1v) is 9.85. The van der Waals surface area contributed by atoms with E-state index in [1.165, 1.54) is 0 Å². The van der Waals surface area contributed by atoms with Gasteiger partial charge >= 0.3 is 0 Å². The summed E-state index contributed by atoms with van der Waals surface area (Å²) in [5, 5.41) is 0. The summed E-state index contributed by atoms with van der Waals surface area (Å²) in [6.45, 7) is 5.02. The van der Waals surface area contributed by atoms with Crippen LogP contribution in [-0.4, -0.2) is 34.3 Å². The third kappa shape index (κ3) is 3.36. The van der Waals surface area contributed by atoms with Crippen molar-refractivity contribution in [3.05, 3.63) is 42.0 Å². The van der Waals surface area contributed by atoms with Crippen LogP contribution in [0.25, 0.3) is 11.3 Å². The highest BCUT2D eigenvalue weighted by Crippen LogP contribution is 2.37. The van der Waals surface area contributed by atoms with Crippen molar-refractivity contribution in [1.82, 2.24) is 9.88 Å². The van der Waals surface area contributed by atoms with E-state index in [1.807, 2.05) is 29.4 Å². The van der Waals surface area contributed by atoms with Crippen LogP contribution in [0.3, 0.4) is 0 Å². The number of likely N-dealkylation sites (tertiary alicyclic amines) is 1. The minimum atomic E-state index is -0.0281. The monoisotopic (exact) mass is 344 g/mol. The Labute approximate surface area is 147 Å². The molecule has 2 aromatic rings. The van der Waals surface area contributed by atoms with Crippen LogP contribution >= 0.6 is 11.8 Å². The summed E-state index contributed by atoms with van der Waals surface area (Å²) >= 11 is 1.56. The second-order valence-corrected chi connectivity index (χ2v) is 7.33. The van der Waals surface area contributed by atoms with Crippen molar-refractivity contribution >= 4 is 17.7 Å². The third-order valence-corrected chi connectivity index (χ3v) is 4.90. The first-order chi connectivity index (χ1) is 11.6. The highest BCUT2D eigenvalue weighted by atomic mass is 32.2. The van der Waals surface area contributed by atoms with Gasteiger partial charge in [-0.25, -0.2) is 4.98 Å². The summed E-state index contributed by atoms with van der Waals surface area (Å²) in [6.07, 6.45) is 3.88. The lowest BCUT2D eigenvalue weighted by atomic mass is 10.0. The van der Waals surface area contributed by atoms with Crippen LogP contribution in [0.2, 0.25) is 0 Å². The highest BCUT2D eigenvalue weighted by molar-refractivity contribution is 7.99. The molecule has 1 aliphatic rings. The number of oxazole rings is 1. The standard InChI is InChI=1S/C19H24N2O2S/c1-13(2)18-17(14-8-5-4-6-9-14)20-19(23-18)15-10-7-11-21(15)16(22)12-24-3/h4-6,8-9,13,15H,7,10-12H2,1-3H3/t15-/m1/s1. The minimum Gasteiger partial charge on any atom is -0.442 e. The average molecular weight is 344 g/mol. The molecule has 0 spiro atoms. The topological polar surface area (TPSA) is 46.3 Å². The van der Waals surface area contributed by atoms with Gasteiger partial charge in [0.05, 0.1) is 5.75 Å². The van der Waals surface area contributed by atoms with Gasteiger partial charge in [0.15, 0.2) is 0 Å². The molecular formula is C19H24N2O2S. The van der Waals surface area contributed by atoms with E-state index in [0.717, 1.165) is 36.4 Å². The number of carbonyl (C=O) groups excluding carboxylic acids is 1. The molecule has 1 atom stereocenters. The predicted octanol–water partition coefficient (Wildman–Crippen LogP) is 4.49. The quantitative estimate of drug-likeness (QED) is 0.801. The number of amides is 1. The Bertz CT molecular complexity index is 697. The van der Waals surface area contributed by atoms with E-state index in [0.29, 0.717) is 11.6 Å². The van der Waals surface area contributed by atoms with Gasteiger partial charge in [0.1, 0.15) is 17.5 Å². The van der Waals surface area contributed by atoms with E-state index in [1.54, 1.807) is 11.8 Å². The molecule has 1 aromatic heterocycles.